The van der Waals surface area contributed by atoms with Gasteiger partial charge in [-0.15, -0.1) is 11.3 Å². The zero-order valence-corrected chi connectivity index (χ0v) is 13.4. The summed E-state index contributed by atoms with van der Waals surface area (Å²) in [5.41, 5.74) is 1.11. The zero-order chi connectivity index (χ0) is 15.2. The summed E-state index contributed by atoms with van der Waals surface area (Å²) >= 11 is 1.66. The molecule has 114 valence electrons. The van der Waals surface area contributed by atoms with E-state index in [-0.39, 0.29) is 17.7 Å². The number of carbonyl (C=O) groups is 1. The molecule has 0 aliphatic heterocycles. The van der Waals surface area contributed by atoms with Crippen LogP contribution < -0.4 is 5.32 Å². The number of rotatable bonds is 5. The molecule has 2 atom stereocenters. The van der Waals surface area contributed by atoms with Crippen LogP contribution in [0.3, 0.4) is 0 Å². The van der Waals surface area contributed by atoms with Crippen LogP contribution in [0.4, 0.5) is 5.69 Å². The highest BCUT2D eigenvalue weighted by Crippen LogP contribution is 2.28. The van der Waals surface area contributed by atoms with Crippen LogP contribution >= 0.6 is 11.3 Å². The van der Waals surface area contributed by atoms with Crippen LogP contribution in [-0.2, 0) is 4.79 Å². The Hall–Kier alpha value is -1.87. The zero-order valence-electron chi connectivity index (χ0n) is 12.6. The molecule has 1 saturated carbocycles. The van der Waals surface area contributed by atoms with Crippen LogP contribution in [-0.4, -0.2) is 11.8 Å². The Balaban J connectivity index is 1.68. The maximum atomic E-state index is 12.6. The number of nitrogens with one attached hydrogen (secondary N) is 1. The number of allylic oxidation sites excluding steroid dienone is 1. The summed E-state index contributed by atoms with van der Waals surface area (Å²) in [4.78, 5) is 13.7. The lowest BCUT2D eigenvalue weighted by Crippen LogP contribution is -2.36. The van der Waals surface area contributed by atoms with Crippen molar-refractivity contribution in [3.63, 3.8) is 0 Å². The summed E-state index contributed by atoms with van der Waals surface area (Å²) in [5.74, 6) is 0.340. The number of para-hydroxylation sites is 1. The van der Waals surface area contributed by atoms with E-state index in [9.17, 15) is 4.79 Å². The molecular formula is C19H21NOS. The van der Waals surface area contributed by atoms with E-state index >= 15 is 0 Å². The molecule has 1 aliphatic carbocycles. The summed E-state index contributed by atoms with van der Waals surface area (Å²) in [7, 11) is 0. The Morgan fingerprint density at radius 1 is 1.09 bits per heavy atom. The molecule has 22 heavy (non-hydrogen) atoms. The van der Waals surface area contributed by atoms with Gasteiger partial charge in [-0.25, -0.2) is 0 Å². The molecule has 3 rings (SSSR count). The van der Waals surface area contributed by atoms with Gasteiger partial charge in [0.1, 0.15) is 0 Å². The Bertz CT molecular complexity index is 618. The third-order valence-electron chi connectivity index (χ3n) is 4.21. The Morgan fingerprint density at radius 2 is 1.91 bits per heavy atom. The summed E-state index contributed by atoms with van der Waals surface area (Å²) in [6.07, 6.45) is 8.11. The van der Waals surface area contributed by atoms with E-state index in [2.05, 4.69) is 17.4 Å². The minimum atomic E-state index is 0.0881. The van der Waals surface area contributed by atoms with Gasteiger partial charge >= 0.3 is 0 Å². The molecule has 0 unspecified atom stereocenters. The van der Waals surface area contributed by atoms with Gasteiger partial charge in [0.2, 0.25) is 0 Å². The van der Waals surface area contributed by atoms with Crippen molar-refractivity contribution in [1.29, 1.82) is 0 Å². The number of benzene rings is 1. The highest BCUT2D eigenvalue weighted by atomic mass is 32.1. The second kappa shape index (κ2) is 7.41. The van der Waals surface area contributed by atoms with Gasteiger partial charge < -0.3 is 5.32 Å². The molecule has 1 heterocycles. The van der Waals surface area contributed by atoms with E-state index in [0.29, 0.717) is 0 Å². The van der Waals surface area contributed by atoms with E-state index in [4.69, 9.17) is 0 Å². The fraction of sp³-hybridized carbons (Fsp3) is 0.316. The highest BCUT2D eigenvalue weighted by Gasteiger charge is 2.29. The third kappa shape index (κ3) is 3.86. The van der Waals surface area contributed by atoms with Crippen molar-refractivity contribution in [3.05, 3.63) is 58.8 Å². The summed E-state index contributed by atoms with van der Waals surface area (Å²) in [5, 5.41) is 5.59. The number of hydrogen-bond donors (Lipinski definition) is 1. The van der Waals surface area contributed by atoms with Crippen LogP contribution in [0.1, 0.15) is 30.6 Å². The standard InChI is InChI=1S/C19H21NOS/c21-19(13-12-16-9-6-14-22-16)17-10-4-5-11-18(17)20-15-7-2-1-3-8-15/h1-3,6-9,12-14,17-18,20H,4-5,10-11H2/b13-12+/t17-,18-/m1/s1. The molecular weight excluding hydrogens is 290 g/mol. The monoisotopic (exact) mass is 311 g/mol. The van der Waals surface area contributed by atoms with Crippen molar-refractivity contribution in [2.45, 2.75) is 31.7 Å². The van der Waals surface area contributed by atoms with Gasteiger partial charge in [0.25, 0.3) is 0 Å². The lowest BCUT2D eigenvalue weighted by Gasteiger charge is -2.31. The van der Waals surface area contributed by atoms with Gasteiger partial charge in [-0.2, -0.15) is 0 Å². The van der Waals surface area contributed by atoms with Crippen LogP contribution in [0.15, 0.2) is 53.9 Å². The predicted molar refractivity (Wildman–Crippen MR) is 94.2 cm³/mol. The minimum Gasteiger partial charge on any atom is -0.382 e. The summed E-state index contributed by atoms with van der Waals surface area (Å²) < 4.78 is 0. The van der Waals surface area contributed by atoms with Crippen molar-refractivity contribution in [1.82, 2.24) is 0 Å². The Kier molecular flexibility index (Phi) is 5.07. The van der Waals surface area contributed by atoms with Crippen LogP contribution in [0, 0.1) is 5.92 Å². The first-order valence-corrected chi connectivity index (χ1v) is 8.78. The van der Waals surface area contributed by atoms with Crippen molar-refractivity contribution >= 4 is 28.9 Å². The van der Waals surface area contributed by atoms with E-state index in [0.717, 1.165) is 29.8 Å². The summed E-state index contributed by atoms with van der Waals surface area (Å²) in [6.45, 7) is 0. The molecule has 2 aromatic rings. The third-order valence-corrected chi connectivity index (χ3v) is 5.05. The molecule has 1 fully saturated rings. The molecule has 1 aliphatic rings. The van der Waals surface area contributed by atoms with Gasteiger partial charge in [-0.05, 0) is 48.6 Å². The fourth-order valence-electron chi connectivity index (χ4n) is 3.07. The minimum absolute atomic E-state index is 0.0881. The molecule has 2 nitrogen and oxygen atoms in total. The molecule has 0 spiro atoms. The first kappa shape index (κ1) is 15.0. The number of anilines is 1. The quantitative estimate of drug-likeness (QED) is 0.787. The maximum absolute atomic E-state index is 12.6. The van der Waals surface area contributed by atoms with E-state index in [1.54, 1.807) is 17.4 Å². The smallest absolute Gasteiger partial charge is 0.160 e. The molecule has 0 saturated heterocycles. The maximum Gasteiger partial charge on any atom is 0.160 e. The normalized spacial score (nSPS) is 21.8. The molecule has 1 aromatic heterocycles. The average molecular weight is 311 g/mol. The topological polar surface area (TPSA) is 29.1 Å². The molecule has 0 amide bonds. The molecule has 1 aromatic carbocycles. The van der Waals surface area contributed by atoms with Gasteiger partial charge in [0.05, 0.1) is 0 Å². The predicted octanol–water partition coefficient (Wildman–Crippen LogP) is 5.00. The van der Waals surface area contributed by atoms with Crippen molar-refractivity contribution in [3.8, 4) is 0 Å². The first-order chi connectivity index (χ1) is 10.8. The van der Waals surface area contributed by atoms with Crippen LogP contribution in [0.25, 0.3) is 6.08 Å². The molecule has 1 N–H and O–H groups in total. The van der Waals surface area contributed by atoms with Crippen LogP contribution in [0.5, 0.6) is 0 Å². The second-order valence-electron chi connectivity index (χ2n) is 5.76. The van der Waals surface area contributed by atoms with Crippen LogP contribution in [0.2, 0.25) is 0 Å². The lowest BCUT2D eigenvalue weighted by atomic mass is 9.81. The fourth-order valence-corrected chi connectivity index (χ4v) is 3.68. The number of hydrogen-bond acceptors (Lipinski definition) is 3. The summed E-state index contributed by atoms with van der Waals surface area (Å²) in [6, 6.07) is 14.5. The molecule has 3 heteroatoms. The number of thiophene rings is 1. The van der Waals surface area contributed by atoms with Crippen molar-refractivity contribution in [2.75, 3.05) is 5.32 Å². The SMILES string of the molecule is O=C(/C=C/c1cccs1)[C@@H]1CCCC[C@H]1Nc1ccccc1. The highest BCUT2D eigenvalue weighted by molar-refractivity contribution is 7.10. The van der Waals surface area contributed by atoms with Crippen molar-refractivity contribution in [2.24, 2.45) is 5.92 Å². The molecule has 0 radical (unpaired) electrons. The van der Waals surface area contributed by atoms with Crippen molar-refractivity contribution < 1.29 is 4.79 Å². The van der Waals surface area contributed by atoms with Gasteiger partial charge in [-0.1, -0.05) is 37.1 Å². The Labute approximate surface area is 135 Å². The van der Waals surface area contributed by atoms with E-state index < -0.39 is 0 Å². The average Bonchev–Trinajstić information content (AvgIpc) is 3.08. The lowest BCUT2D eigenvalue weighted by molar-refractivity contribution is -0.119. The Morgan fingerprint density at radius 3 is 2.68 bits per heavy atom. The van der Waals surface area contributed by atoms with E-state index in [1.807, 2.05) is 41.8 Å². The molecule has 0 bridgehead atoms. The number of ketones is 1. The second-order valence-corrected chi connectivity index (χ2v) is 6.74. The number of carbonyl (C=O) groups excluding carboxylic acids is 1. The van der Waals surface area contributed by atoms with E-state index in [1.165, 1.54) is 6.42 Å². The van der Waals surface area contributed by atoms with Gasteiger partial charge in [-0.3, -0.25) is 4.79 Å². The van der Waals surface area contributed by atoms with Gasteiger partial charge in [0, 0.05) is 22.5 Å². The first-order valence-electron chi connectivity index (χ1n) is 7.90. The largest absolute Gasteiger partial charge is 0.382 e. The van der Waals surface area contributed by atoms with Gasteiger partial charge in [0.15, 0.2) is 5.78 Å².